The molecule has 0 saturated heterocycles. The molecule has 2 radical (unpaired) electrons. The monoisotopic (exact) mass is 135 g/mol. The SMILES string of the molecule is [B]c1ccc(S)c(N)c1. The lowest BCUT2D eigenvalue weighted by Crippen LogP contribution is -2.02. The largest absolute Gasteiger partial charge is 0.398 e. The third-order valence-electron chi connectivity index (χ3n) is 1.05. The molecule has 0 heterocycles. The molecular weight excluding hydrogens is 129 g/mol. The maximum Gasteiger partial charge on any atom is 0.113 e. The predicted molar refractivity (Wildman–Crippen MR) is 43.5 cm³/mol. The van der Waals surface area contributed by atoms with Crippen molar-refractivity contribution in [2.75, 3.05) is 5.73 Å². The summed E-state index contributed by atoms with van der Waals surface area (Å²) in [6.07, 6.45) is 0. The lowest BCUT2D eigenvalue weighted by molar-refractivity contribution is 1.50. The maximum atomic E-state index is 5.46. The highest BCUT2D eigenvalue weighted by Crippen LogP contribution is 2.11. The minimum Gasteiger partial charge on any atom is -0.398 e. The number of rotatable bonds is 0. The molecule has 0 aliphatic rings. The first-order valence-corrected chi connectivity index (χ1v) is 2.99. The van der Waals surface area contributed by atoms with E-state index in [1.165, 1.54) is 0 Å². The fourth-order valence-corrected chi connectivity index (χ4v) is 0.712. The Hall–Kier alpha value is -0.565. The number of nitrogen functional groups attached to an aromatic ring is 1. The average Bonchev–Trinajstić information content (AvgIpc) is 1.80. The van der Waals surface area contributed by atoms with E-state index in [-0.39, 0.29) is 0 Å². The minimum absolute atomic E-state index is 0.623. The zero-order valence-corrected chi connectivity index (χ0v) is 5.73. The third kappa shape index (κ3) is 1.42. The predicted octanol–water partition coefficient (Wildman–Crippen LogP) is 0.351. The van der Waals surface area contributed by atoms with Gasteiger partial charge in [-0.25, -0.2) is 0 Å². The fourth-order valence-electron chi connectivity index (χ4n) is 0.573. The Bertz CT molecular complexity index is 224. The van der Waals surface area contributed by atoms with Crippen LogP contribution in [0.3, 0.4) is 0 Å². The van der Waals surface area contributed by atoms with Crippen LogP contribution >= 0.6 is 12.6 Å². The molecule has 0 spiro atoms. The number of nitrogens with two attached hydrogens (primary N) is 1. The molecule has 1 nitrogen and oxygen atoms in total. The second-order valence-corrected chi connectivity index (χ2v) is 2.30. The van der Waals surface area contributed by atoms with Crippen molar-refractivity contribution in [3.05, 3.63) is 18.2 Å². The summed E-state index contributed by atoms with van der Waals surface area (Å²) in [5.41, 5.74) is 6.76. The van der Waals surface area contributed by atoms with Crippen molar-refractivity contribution in [1.29, 1.82) is 0 Å². The summed E-state index contributed by atoms with van der Waals surface area (Å²) < 4.78 is 0. The topological polar surface area (TPSA) is 26.0 Å². The molecular formula is C6H6BNS. The van der Waals surface area contributed by atoms with Crippen molar-refractivity contribution >= 4 is 31.6 Å². The molecule has 0 aromatic heterocycles. The van der Waals surface area contributed by atoms with Gasteiger partial charge in [0.05, 0.1) is 0 Å². The Kier molecular flexibility index (Phi) is 1.71. The second-order valence-electron chi connectivity index (χ2n) is 1.82. The molecule has 3 heteroatoms. The van der Waals surface area contributed by atoms with Crippen molar-refractivity contribution in [2.24, 2.45) is 0 Å². The van der Waals surface area contributed by atoms with Gasteiger partial charge in [-0.15, -0.1) is 12.6 Å². The standard InChI is InChI=1S/C6H6BNS/c7-4-1-2-6(9)5(8)3-4/h1-3,9H,8H2. The Morgan fingerprint density at radius 3 is 2.56 bits per heavy atom. The molecule has 2 N–H and O–H groups in total. The molecule has 44 valence electrons. The van der Waals surface area contributed by atoms with Gasteiger partial charge >= 0.3 is 0 Å². The lowest BCUT2D eigenvalue weighted by Gasteiger charge is -1.97. The van der Waals surface area contributed by atoms with Crippen LogP contribution in [0, 0.1) is 0 Å². The summed E-state index contributed by atoms with van der Waals surface area (Å²) in [5.74, 6) is 0. The van der Waals surface area contributed by atoms with E-state index >= 15 is 0 Å². The van der Waals surface area contributed by atoms with Crippen molar-refractivity contribution in [3.63, 3.8) is 0 Å². The molecule has 0 atom stereocenters. The number of hydrogen-bond donors (Lipinski definition) is 2. The van der Waals surface area contributed by atoms with Gasteiger partial charge in [-0.2, -0.15) is 0 Å². The van der Waals surface area contributed by atoms with Crippen LogP contribution in [-0.4, -0.2) is 7.85 Å². The fraction of sp³-hybridized carbons (Fsp3) is 0. The maximum absolute atomic E-state index is 5.46. The quantitative estimate of drug-likeness (QED) is 0.299. The smallest absolute Gasteiger partial charge is 0.113 e. The molecule has 0 amide bonds. The van der Waals surface area contributed by atoms with E-state index in [4.69, 9.17) is 13.6 Å². The van der Waals surface area contributed by atoms with Gasteiger partial charge in [0.25, 0.3) is 0 Å². The van der Waals surface area contributed by atoms with E-state index in [1.54, 1.807) is 18.2 Å². The van der Waals surface area contributed by atoms with Crippen LogP contribution in [0.2, 0.25) is 0 Å². The summed E-state index contributed by atoms with van der Waals surface area (Å²) in [6, 6.07) is 5.22. The number of thiol groups is 1. The summed E-state index contributed by atoms with van der Waals surface area (Å²) in [7, 11) is 5.41. The Morgan fingerprint density at radius 2 is 2.11 bits per heavy atom. The zero-order valence-electron chi connectivity index (χ0n) is 4.83. The van der Waals surface area contributed by atoms with Gasteiger partial charge in [0.15, 0.2) is 0 Å². The Balaban J connectivity index is 3.17. The van der Waals surface area contributed by atoms with Crippen LogP contribution in [-0.2, 0) is 0 Å². The first-order chi connectivity index (χ1) is 4.20. The van der Waals surface area contributed by atoms with Crippen molar-refractivity contribution < 1.29 is 0 Å². The zero-order chi connectivity index (χ0) is 6.85. The molecule has 0 bridgehead atoms. The van der Waals surface area contributed by atoms with Crippen LogP contribution in [0.4, 0.5) is 5.69 Å². The van der Waals surface area contributed by atoms with E-state index in [1.807, 2.05) is 0 Å². The average molecular weight is 135 g/mol. The van der Waals surface area contributed by atoms with Gasteiger partial charge in [-0.05, 0) is 12.1 Å². The number of anilines is 1. The van der Waals surface area contributed by atoms with Gasteiger partial charge < -0.3 is 5.73 Å². The Morgan fingerprint density at radius 1 is 1.44 bits per heavy atom. The minimum atomic E-state index is 0.623. The van der Waals surface area contributed by atoms with Crippen molar-refractivity contribution in [1.82, 2.24) is 0 Å². The molecule has 0 aliphatic carbocycles. The van der Waals surface area contributed by atoms with Crippen LogP contribution in [0.15, 0.2) is 23.1 Å². The first kappa shape index (κ1) is 6.55. The van der Waals surface area contributed by atoms with Gasteiger partial charge in [-0.1, -0.05) is 11.5 Å². The highest BCUT2D eigenvalue weighted by atomic mass is 32.1. The molecule has 0 saturated carbocycles. The normalized spacial score (nSPS) is 9.44. The lowest BCUT2D eigenvalue weighted by atomic mass is 9.96. The summed E-state index contributed by atoms with van der Waals surface area (Å²) in [4.78, 5) is 0.768. The van der Waals surface area contributed by atoms with Crippen LogP contribution in [0.1, 0.15) is 0 Å². The van der Waals surface area contributed by atoms with Crippen LogP contribution in [0.5, 0.6) is 0 Å². The molecule has 0 fully saturated rings. The summed E-state index contributed by atoms with van der Waals surface area (Å²) in [6.45, 7) is 0. The van der Waals surface area contributed by atoms with E-state index in [0.29, 0.717) is 11.2 Å². The Labute approximate surface area is 61.1 Å². The molecule has 0 aliphatic heterocycles. The third-order valence-corrected chi connectivity index (χ3v) is 1.46. The van der Waals surface area contributed by atoms with Gasteiger partial charge in [0, 0.05) is 10.6 Å². The van der Waals surface area contributed by atoms with Crippen molar-refractivity contribution in [2.45, 2.75) is 4.90 Å². The van der Waals surface area contributed by atoms with E-state index in [2.05, 4.69) is 12.6 Å². The van der Waals surface area contributed by atoms with E-state index in [9.17, 15) is 0 Å². The van der Waals surface area contributed by atoms with Gasteiger partial charge in [0.1, 0.15) is 7.85 Å². The molecule has 9 heavy (non-hydrogen) atoms. The molecule has 1 rings (SSSR count). The number of hydrogen-bond acceptors (Lipinski definition) is 2. The molecule has 1 aromatic rings. The highest BCUT2D eigenvalue weighted by molar-refractivity contribution is 7.80. The summed E-state index contributed by atoms with van der Waals surface area (Å²) >= 11 is 4.06. The second kappa shape index (κ2) is 2.35. The summed E-state index contributed by atoms with van der Waals surface area (Å²) in [5, 5.41) is 0. The van der Waals surface area contributed by atoms with Crippen LogP contribution in [0.25, 0.3) is 0 Å². The first-order valence-electron chi connectivity index (χ1n) is 2.54. The van der Waals surface area contributed by atoms with Crippen molar-refractivity contribution in [3.8, 4) is 0 Å². The van der Waals surface area contributed by atoms with E-state index in [0.717, 1.165) is 4.90 Å². The van der Waals surface area contributed by atoms with Gasteiger partial charge in [-0.3, -0.25) is 0 Å². The molecule has 0 unspecified atom stereocenters. The van der Waals surface area contributed by atoms with Crippen LogP contribution < -0.4 is 11.2 Å². The molecule has 1 aromatic carbocycles. The van der Waals surface area contributed by atoms with Gasteiger partial charge in [0.2, 0.25) is 0 Å². The van der Waals surface area contributed by atoms with E-state index < -0.39 is 0 Å². The number of benzene rings is 1. The highest BCUT2D eigenvalue weighted by Gasteiger charge is 1.90.